The number of hydrogen-bond donors (Lipinski definition) is 0. The van der Waals surface area contributed by atoms with Gasteiger partial charge in [-0.15, -0.1) is 0 Å². The molecule has 0 spiro atoms. The fourth-order valence-electron chi connectivity index (χ4n) is 4.62. The van der Waals surface area contributed by atoms with Gasteiger partial charge in [-0.05, 0) is 37.5 Å². The molecule has 0 N–H and O–H groups in total. The predicted molar refractivity (Wildman–Crippen MR) is 139 cm³/mol. The van der Waals surface area contributed by atoms with Gasteiger partial charge in [0.15, 0.2) is 5.41 Å². The zero-order valence-corrected chi connectivity index (χ0v) is 23.0. The van der Waals surface area contributed by atoms with Gasteiger partial charge in [0.1, 0.15) is 0 Å². The van der Waals surface area contributed by atoms with E-state index in [1.165, 1.54) is 64.2 Å². The van der Waals surface area contributed by atoms with Crippen LogP contribution < -0.4 is 0 Å². The summed E-state index contributed by atoms with van der Waals surface area (Å²) in [5.41, 5.74) is -1.18. The zero-order chi connectivity index (χ0) is 25.0. The van der Waals surface area contributed by atoms with Crippen LogP contribution in [0.3, 0.4) is 0 Å². The van der Waals surface area contributed by atoms with E-state index < -0.39 is 5.41 Å². The second-order valence-corrected chi connectivity index (χ2v) is 10.8. The van der Waals surface area contributed by atoms with E-state index in [2.05, 4.69) is 41.5 Å². The van der Waals surface area contributed by atoms with Crippen molar-refractivity contribution in [2.45, 2.75) is 144 Å². The molecule has 0 rings (SSSR count). The van der Waals surface area contributed by atoms with Crippen LogP contribution in [0, 0.1) is 17.3 Å². The van der Waals surface area contributed by atoms with Gasteiger partial charge in [0.05, 0.1) is 13.2 Å². The van der Waals surface area contributed by atoms with Gasteiger partial charge in [0, 0.05) is 0 Å². The number of carbonyl (C=O) groups is 2. The van der Waals surface area contributed by atoms with Crippen LogP contribution >= 0.6 is 0 Å². The fourth-order valence-corrected chi connectivity index (χ4v) is 4.62. The first-order valence-corrected chi connectivity index (χ1v) is 14.1. The summed E-state index contributed by atoms with van der Waals surface area (Å²) in [4.78, 5) is 26.5. The Morgan fingerprint density at radius 2 is 0.848 bits per heavy atom. The first-order valence-electron chi connectivity index (χ1n) is 14.1. The summed E-state index contributed by atoms with van der Waals surface area (Å²) in [5, 5.41) is 0. The van der Waals surface area contributed by atoms with E-state index in [9.17, 15) is 9.59 Å². The van der Waals surface area contributed by atoms with E-state index in [-0.39, 0.29) is 23.8 Å². The van der Waals surface area contributed by atoms with E-state index >= 15 is 0 Å². The van der Waals surface area contributed by atoms with Crippen molar-refractivity contribution in [3.8, 4) is 0 Å². The molecular weight excluding hydrogens is 412 g/mol. The van der Waals surface area contributed by atoms with Crippen molar-refractivity contribution in [1.29, 1.82) is 0 Å². The first-order chi connectivity index (χ1) is 15.8. The van der Waals surface area contributed by atoms with E-state index in [1.807, 2.05) is 0 Å². The van der Waals surface area contributed by atoms with Gasteiger partial charge in [0.25, 0.3) is 0 Å². The maximum atomic E-state index is 13.3. The number of hydrogen-bond acceptors (Lipinski definition) is 4. The summed E-state index contributed by atoms with van der Waals surface area (Å²) in [6, 6.07) is 0. The Labute approximate surface area is 206 Å². The van der Waals surface area contributed by atoms with E-state index in [1.54, 1.807) is 0 Å². The molecule has 196 valence electrons. The minimum atomic E-state index is -1.18. The van der Waals surface area contributed by atoms with Gasteiger partial charge in [-0.3, -0.25) is 9.59 Å². The Morgan fingerprint density at radius 1 is 0.545 bits per heavy atom. The highest BCUT2D eigenvalue weighted by atomic mass is 16.6. The number of unbranched alkanes of at least 4 members (excludes halogenated alkanes) is 12. The monoisotopic (exact) mass is 468 g/mol. The molecule has 0 aromatic heterocycles. The lowest BCUT2D eigenvalue weighted by molar-refractivity contribution is -0.176. The van der Waals surface area contributed by atoms with Crippen molar-refractivity contribution in [3.63, 3.8) is 0 Å². The van der Waals surface area contributed by atoms with Crippen LogP contribution in [0.4, 0.5) is 0 Å². The molecule has 0 aromatic rings. The Morgan fingerprint density at radius 3 is 1.15 bits per heavy atom. The Hall–Kier alpha value is -1.06. The zero-order valence-electron chi connectivity index (χ0n) is 23.0. The minimum Gasteiger partial charge on any atom is -0.465 e. The first kappa shape index (κ1) is 31.9. The number of ether oxygens (including phenoxy) is 2. The molecule has 0 atom stereocenters. The smallest absolute Gasteiger partial charge is 0.323 e. The summed E-state index contributed by atoms with van der Waals surface area (Å²) in [6.07, 6.45) is 17.4. The summed E-state index contributed by atoms with van der Waals surface area (Å²) in [6.45, 7) is 13.5. The van der Waals surface area contributed by atoms with Gasteiger partial charge in [-0.1, -0.05) is 119 Å². The third-order valence-corrected chi connectivity index (χ3v) is 6.26. The summed E-state index contributed by atoms with van der Waals surface area (Å²) < 4.78 is 11.4. The lowest BCUT2D eigenvalue weighted by Gasteiger charge is -2.32. The third kappa shape index (κ3) is 15.5. The molecule has 33 heavy (non-hydrogen) atoms. The molecule has 0 fully saturated rings. The molecule has 0 aliphatic heterocycles. The quantitative estimate of drug-likeness (QED) is 0.0906. The lowest BCUT2D eigenvalue weighted by Crippen LogP contribution is -2.44. The number of esters is 2. The van der Waals surface area contributed by atoms with E-state index in [4.69, 9.17) is 9.47 Å². The highest BCUT2D eigenvalue weighted by molar-refractivity contribution is 6.00. The van der Waals surface area contributed by atoms with Crippen molar-refractivity contribution in [1.82, 2.24) is 0 Å². The molecule has 0 unspecified atom stereocenters. The van der Waals surface area contributed by atoms with Gasteiger partial charge < -0.3 is 9.47 Å². The van der Waals surface area contributed by atoms with Crippen molar-refractivity contribution in [3.05, 3.63) is 0 Å². The topological polar surface area (TPSA) is 52.6 Å². The van der Waals surface area contributed by atoms with E-state index in [0.29, 0.717) is 26.1 Å². The van der Waals surface area contributed by atoms with Crippen molar-refractivity contribution in [2.24, 2.45) is 17.3 Å². The van der Waals surface area contributed by atoms with Crippen LogP contribution in [0.15, 0.2) is 0 Å². The maximum Gasteiger partial charge on any atom is 0.323 e. The summed E-state index contributed by atoms with van der Waals surface area (Å²) in [7, 11) is 0. The molecule has 0 saturated heterocycles. The van der Waals surface area contributed by atoms with Gasteiger partial charge >= 0.3 is 11.9 Å². The molecule has 0 aromatic carbocycles. The highest BCUT2D eigenvalue weighted by Crippen LogP contribution is 2.37. The van der Waals surface area contributed by atoms with Crippen LogP contribution in [0.2, 0.25) is 0 Å². The molecule has 0 radical (unpaired) electrons. The van der Waals surface area contributed by atoms with E-state index in [0.717, 1.165) is 25.7 Å². The molecule has 0 heterocycles. The fraction of sp³-hybridized carbons (Fsp3) is 0.931. The summed E-state index contributed by atoms with van der Waals surface area (Å²) in [5.74, 6) is -0.331. The molecular formula is C29H56O4. The van der Waals surface area contributed by atoms with Crippen LogP contribution in [-0.2, 0) is 19.1 Å². The second-order valence-electron chi connectivity index (χ2n) is 10.8. The Bertz CT molecular complexity index is 440. The molecule has 0 bridgehead atoms. The van der Waals surface area contributed by atoms with Crippen LogP contribution in [0.5, 0.6) is 0 Å². The third-order valence-electron chi connectivity index (χ3n) is 6.26. The van der Waals surface area contributed by atoms with Crippen LogP contribution in [-0.4, -0.2) is 25.2 Å². The van der Waals surface area contributed by atoms with Crippen molar-refractivity contribution < 1.29 is 19.1 Å². The second kappa shape index (κ2) is 20.3. The largest absolute Gasteiger partial charge is 0.465 e. The van der Waals surface area contributed by atoms with Gasteiger partial charge in [-0.2, -0.15) is 0 Å². The van der Waals surface area contributed by atoms with Gasteiger partial charge in [0.2, 0.25) is 0 Å². The van der Waals surface area contributed by atoms with Crippen LogP contribution in [0.25, 0.3) is 0 Å². The lowest BCUT2D eigenvalue weighted by atomic mass is 9.74. The Kier molecular flexibility index (Phi) is 19.7. The number of carbonyl (C=O) groups excluding carboxylic acids is 2. The highest BCUT2D eigenvalue weighted by Gasteiger charge is 2.49. The Balaban J connectivity index is 4.76. The summed E-state index contributed by atoms with van der Waals surface area (Å²) >= 11 is 0. The van der Waals surface area contributed by atoms with Crippen molar-refractivity contribution >= 4 is 11.9 Å². The molecule has 4 nitrogen and oxygen atoms in total. The van der Waals surface area contributed by atoms with Crippen LogP contribution in [0.1, 0.15) is 144 Å². The average molecular weight is 469 g/mol. The molecule has 0 aliphatic rings. The SMILES string of the molecule is CCCCCCCCCOC(=O)C(CC(C)C)(CC(C)C)C(=O)OCCCCCCCCC. The standard InChI is InChI=1S/C29H56O4/c1-7-9-11-13-15-17-19-21-32-27(30)29(23-25(3)4,24-26(5)6)28(31)33-22-20-18-16-14-12-10-8-2/h25-26H,7-24H2,1-6H3. The van der Waals surface area contributed by atoms with Gasteiger partial charge in [-0.25, -0.2) is 0 Å². The average Bonchev–Trinajstić information content (AvgIpc) is 2.75. The molecule has 4 heteroatoms. The molecule has 0 amide bonds. The predicted octanol–water partition coefficient (Wildman–Crippen LogP) is 8.65. The minimum absolute atomic E-state index is 0.209. The normalized spacial score (nSPS) is 11.9. The maximum absolute atomic E-state index is 13.3. The number of rotatable bonds is 22. The van der Waals surface area contributed by atoms with Crippen molar-refractivity contribution in [2.75, 3.05) is 13.2 Å². The molecule has 0 saturated carbocycles. The molecule has 0 aliphatic carbocycles.